The fraction of sp³-hybridized carbons (Fsp3) is 0.0400. The zero-order valence-corrected chi connectivity index (χ0v) is 22.1. The van der Waals surface area contributed by atoms with Gasteiger partial charge < -0.3 is 20.3 Å². The number of benzene rings is 3. The van der Waals surface area contributed by atoms with Crippen LogP contribution < -0.4 is 10.1 Å². The molecule has 35 heavy (non-hydrogen) atoms. The average Bonchev–Trinajstić information content (AvgIpc) is 2.82. The summed E-state index contributed by atoms with van der Waals surface area (Å²) in [7, 11) is 0. The number of ether oxygens (including phenoxy) is 1. The molecule has 1 amide bonds. The number of anilines is 1. The van der Waals surface area contributed by atoms with Crippen LogP contribution in [0.3, 0.4) is 0 Å². The van der Waals surface area contributed by atoms with E-state index in [-0.39, 0.29) is 29.0 Å². The Kier molecular flexibility index (Phi) is 8.83. The van der Waals surface area contributed by atoms with E-state index >= 15 is 0 Å². The smallest absolute Gasteiger partial charge is 0.335 e. The van der Waals surface area contributed by atoms with Crippen LogP contribution >= 0.6 is 45.2 Å². The molecular weight excluding hydrogens is 678 g/mol. The molecular formula is C25H16I2N2O6. The summed E-state index contributed by atoms with van der Waals surface area (Å²) in [5.41, 5.74) is 1.75. The van der Waals surface area contributed by atoms with Gasteiger partial charge in [0.05, 0.1) is 18.3 Å². The largest absolute Gasteiger partial charge is 0.487 e. The molecule has 10 heteroatoms. The Morgan fingerprint density at radius 2 is 1.57 bits per heavy atom. The van der Waals surface area contributed by atoms with Crippen molar-refractivity contribution in [1.29, 1.82) is 5.26 Å². The molecule has 3 rings (SSSR count). The highest BCUT2D eigenvalue weighted by Gasteiger charge is 2.14. The first-order valence-electron chi connectivity index (χ1n) is 9.88. The molecule has 0 atom stereocenters. The Morgan fingerprint density at radius 3 is 2.14 bits per heavy atom. The number of carboxylic acid groups (broad SMARTS) is 2. The van der Waals surface area contributed by atoms with Gasteiger partial charge in [-0.15, -0.1) is 0 Å². The minimum absolute atomic E-state index is 0.0165. The van der Waals surface area contributed by atoms with E-state index in [1.54, 1.807) is 24.3 Å². The molecule has 0 aliphatic rings. The van der Waals surface area contributed by atoms with E-state index in [1.165, 1.54) is 42.5 Å². The zero-order chi connectivity index (χ0) is 25.5. The highest BCUT2D eigenvalue weighted by molar-refractivity contribution is 14.1. The number of halogens is 2. The Morgan fingerprint density at radius 1 is 0.943 bits per heavy atom. The molecule has 176 valence electrons. The summed E-state index contributed by atoms with van der Waals surface area (Å²) in [4.78, 5) is 34.7. The van der Waals surface area contributed by atoms with Crippen LogP contribution in [-0.4, -0.2) is 28.1 Å². The highest BCUT2D eigenvalue weighted by atomic mass is 127. The van der Waals surface area contributed by atoms with E-state index in [1.807, 2.05) is 6.07 Å². The summed E-state index contributed by atoms with van der Waals surface area (Å²) >= 11 is 4.19. The molecule has 0 saturated heterocycles. The predicted molar refractivity (Wildman–Crippen MR) is 145 cm³/mol. The number of aromatic carboxylic acids is 2. The van der Waals surface area contributed by atoms with E-state index in [4.69, 9.17) is 14.9 Å². The highest BCUT2D eigenvalue weighted by Crippen LogP contribution is 2.30. The maximum atomic E-state index is 12.6. The fourth-order valence-corrected chi connectivity index (χ4v) is 5.07. The van der Waals surface area contributed by atoms with E-state index < -0.39 is 17.8 Å². The number of carboxylic acids is 2. The number of carbonyl (C=O) groups is 3. The summed E-state index contributed by atoms with van der Waals surface area (Å²) in [6.07, 6.45) is 1.44. The van der Waals surface area contributed by atoms with Crippen molar-refractivity contribution in [2.45, 2.75) is 6.61 Å². The lowest BCUT2D eigenvalue weighted by atomic mass is 10.1. The standard InChI is InChI=1S/C25H16I2N2O6/c26-20-9-15(8-18(12-28)23(30)29-19-3-1-2-17(11-19)25(33)34)10-21(27)22(20)35-13-14-4-6-16(7-5-14)24(31)32/h1-11H,13H2,(H,29,30)(H,31,32)(H,33,34)/b18-8-. The molecule has 0 bridgehead atoms. The molecule has 0 unspecified atom stereocenters. The molecule has 0 aliphatic heterocycles. The van der Waals surface area contributed by atoms with Gasteiger partial charge in [-0.1, -0.05) is 18.2 Å². The minimum Gasteiger partial charge on any atom is -0.487 e. The molecule has 0 fully saturated rings. The van der Waals surface area contributed by atoms with Crippen molar-refractivity contribution in [3.63, 3.8) is 0 Å². The van der Waals surface area contributed by atoms with Crippen molar-refractivity contribution in [2.75, 3.05) is 5.32 Å². The number of nitrogens with zero attached hydrogens (tertiary/aromatic N) is 1. The number of hydrogen-bond donors (Lipinski definition) is 3. The van der Waals surface area contributed by atoms with Gasteiger partial charge in [0, 0.05) is 5.69 Å². The monoisotopic (exact) mass is 694 g/mol. The van der Waals surface area contributed by atoms with Gasteiger partial charge in [-0.25, -0.2) is 9.59 Å². The molecule has 0 aromatic heterocycles. The topological polar surface area (TPSA) is 137 Å². The lowest BCUT2D eigenvalue weighted by molar-refractivity contribution is -0.112. The maximum absolute atomic E-state index is 12.6. The first-order chi connectivity index (χ1) is 16.7. The summed E-state index contributed by atoms with van der Waals surface area (Å²) in [6.45, 7) is 0.238. The van der Waals surface area contributed by atoms with Crippen LogP contribution in [0.5, 0.6) is 5.75 Å². The summed E-state index contributed by atoms with van der Waals surface area (Å²) in [5.74, 6) is -2.16. The van der Waals surface area contributed by atoms with Crippen LogP contribution in [0.4, 0.5) is 5.69 Å². The van der Waals surface area contributed by atoms with Crippen LogP contribution in [0.1, 0.15) is 31.8 Å². The summed E-state index contributed by atoms with van der Waals surface area (Å²) in [6, 6.07) is 17.5. The molecule has 8 nitrogen and oxygen atoms in total. The van der Waals surface area contributed by atoms with Crippen LogP contribution in [0, 0.1) is 18.5 Å². The number of rotatable bonds is 8. The van der Waals surface area contributed by atoms with Crippen molar-refractivity contribution in [2.24, 2.45) is 0 Å². The normalized spacial score (nSPS) is 10.8. The Bertz CT molecular complexity index is 1350. The third-order valence-electron chi connectivity index (χ3n) is 4.65. The van der Waals surface area contributed by atoms with Crippen LogP contribution in [0.25, 0.3) is 6.08 Å². The van der Waals surface area contributed by atoms with E-state index in [0.29, 0.717) is 11.3 Å². The van der Waals surface area contributed by atoms with Gasteiger partial charge in [0.2, 0.25) is 0 Å². The molecule has 0 heterocycles. The fourth-order valence-electron chi connectivity index (χ4n) is 2.94. The second kappa shape index (κ2) is 11.8. The molecule has 3 N–H and O–H groups in total. The first kappa shape index (κ1) is 26.2. The second-order valence-corrected chi connectivity index (χ2v) is 9.44. The third kappa shape index (κ3) is 7.03. The summed E-state index contributed by atoms with van der Waals surface area (Å²) in [5, 5.41) is 30.1. The van der Waals surface area contributed by atoms with Crippen LogP contribution in [0.15, 0.2) is 66.2 Å². The number of amides is 1. The SMILES string of the molecule is N#C/C(=C/c1cc(I)c(OCc2ccc(C(=O)O)cc2)c(I)c1)C(=O)Nc1cccc(C(=O)O)c1. The van der Waals surface area contributed by atoms with Crippen molar-refractivity contribution < 1.29 is 29.3 Å². The predicted octanol–water partition coefficient (Wildman–Crippen LogP) is 5.42. The molecule has 0 aliphatic carbocycles. The second-order valence-electron chi connectivity index (χ2n) is 7.11. The van der Waals surface area contributed by atoms with Gasteiger partial charge >= 0.3 is 11.9 Å². The van der Waals surface area contributed by atoms with E-state index in [0.717, 1.165) is 12.7 Å². The van der Waals surface area contributed by atoms with E-state index in [9.17, 15) is 19.6 Å². The summed E-state index contributed by atoms with van der Waals surface area (Å²) < 4.78 is 7.44. The number of nitrogens with one attached hydrogen (secondary N) is 1. The number of nitriles is 1. The van der Waals surface area contributed by atoms with Crippen molar-refractivity contribution >= 4 is 74.8 Å². The Labute approximate surface area is 227 Å². The van der Waals surface area contributed by atoms with Gasteiger partial charge in [-0.05, 0) is 105 Å². The van der Waals surface area contributed by atoms with Crippen LogP contribution in [0.2, 0.25) is 0 Å². The van der Waals surface area contributed by atoms with Crippen molar-refractivity contribution in [3.8, 4) is 11.8 Å². The first-order valence-corrected chi connectivity index (χ1v) is 12.0. The van der Waals surface area contributed by atoms with Gasteiger partial charge in [0.25, 0.3) is 5.91 Å². The molecule has 0 saturated carbocycles. The van der Waals surface area contributed by atoms with Crippen molar-refractivity contribution in [1.82, 2.24) is 0 Å². The lowest BCUT2D eigenvalue weighted by Gasteiger charge is -2.12. The third-order valence-corrected chi connectivity index (χ3v) is 6.25. The minimum atomic E-state index is -1.12. The molecule has 3 aromatic carbocycles. The molecule has 0 spiro atoms. The Hall–Kier alpha value is -3.44. The maximum Gasteiger partial charge on any atom is 0.335 e. The molecule has 0 radical (unpaired) electrons. The number of hydrogen-bond acceptors (Lipinski definition) is 5. The van der Waals surface area contributed by atoms with Crippen molar-refractivity contribution in [3.05, 3.63) is 95.6 Å². The quantitative estimate of drug-likeness (QED) is 0.163. The van der Waals surface area contributed by atoms with Gasteiger partial charge in [-0.3, -0.25) is 4.79 Å². The lowest BCUT2D eigenvalue weighted by Crippen LogP contribution is -2.14. The van der Waals surface area contributed by atoms with Crippen LogP contribution in [-0.2, 0) is 11.4 Å². The average molecular weight is 694 g/mol. The van der Waals surface area contributed by atoms with Gasteiger partial charge in [-0.2, -0.15) is 5.26 Å². The zero-order valence-electron chi connectivity index (χ0n) is 17.8. The Balaban J connectivity index is 1.75. The van der Waals surface area contributed by atoms with Gasteiger partial charge in [0.1, 0.15) is 24.0 Å². The number of carbonyl (C=O) groups excluding carboxylic acids is 1. The van der Waals surface area contributed by atoms with Gasteiger partial charge in [0.15, 0.2) is 0 Å². The molecule has 3 aromatic rings. The van der Waals surface area contributed by atoms with E-state index in [2.05, 4.69) is 50.5 Å².